The Balaban J connectivity index is 1.57. The van der Waals surface area contributed by atoms with Crippen LogP contribution in [-0.2, 0) is 9.59 Å². The molecule has 2 aliphatic rings. The molecule has 0 spiro atoms. The summed E-state index contributed by atoms with van der Waals surface area (Å²) in [6, 6.07) is 3.30. The molecule has 1 aromatic rings. The molecule has 2 heterocycles. The summed E-state index contributed by atoms with van der Waals surface area (Å²) in [6.07, 6.45) is 6.96. The molecule has 1 aliphatic heterocycles. The molecule has 29 heavy (non-hydrogen) atoms. The summed E-state index contributed by atoms with van der Waals surface area (Å²) in [5.41, 5.74) is 0.658. The lowest BCUT2D eigenvalue weighted by Crippen LogP contribution is -2.49. The number of nitrogens with zero attached hydrogens (tertiary/aromatic N) is 3. The standard InChI is InChI=1S/C22H35N5O2/c1-16(2)20(25-21(28)17-7-5-4-6-8-17)22(29)24-18-9-10-19(23-15-18)27-13-11-26(3)12-14-27/h9-10,15-17,20H,4-8,11-14H2,1-3H3,(H,24,29)(H,25,28). The molecule has 3 rings (SSSR count). The van der Waals surface area contributed by atoms with Crippen LogP contribution >= 0.6 is 0 Å². The van der Waals surface area contributed by atoms with E-state index < -0.39 is 6.04 Å². The van der Waals surface area contributed by atoms with E-state index in [1.165, 1.54) is 6.42 Å². The largest absolute Gasteiger partial charge is 0.354 e. The predicted molar refractivity (Wildman–Crippen MR) is 116 cm³/mol. The monoisotopic (exact) mass is 401 g/mol. The first kappa shape index (κ1) is 21.6. The topological polar surface area (TPSA) is 77.6 Å². The minimum absolute atomic E-state index is 0.0140. The maximum Gasteiger partial charge on any atom is 0.247 e. The van der Waals surface area contributed by atoms with Crippen molar-refractivity contribution in [2.45, 2.75) is 52.0 Å². The predicted octanol–water partition coefficient (Wildman–Crippen LogP) is 2.49. The number of carbonyl (C=O) groups excluding carboxylic acids is 2. The van der Waals surface area contributed by atoms with Crippen LogP contribution in [0.3, 0.4) is 0 Å². The van der Waals surface area contributed by atoms with Crippen molar-refractivity contribution < 1.29 is 9.59 Å². The van der Waals surface area contributed by atoms with Crippen LogP contribution in [0.1, 0.15) is 46.0 Å². The first-order chi connectivity index (χ1) is 13.9. The fourth-order valence-corrected chi connectivity index (χ4v) is 4.07. The number of nitrogens with one attached hydrogen (secondary N) is 2. The lowest BCUT2D eigenvalue weighted by Gasteiger charge is -2.33. The van der Waals surface area contributed by atoms with E-state index in [9.17, 15) is 9.59 Å². The van der Waals surface area contributed by atoms with Gasteiger partial charge in [-0.3, -0.25) is 9.59 Å². The molecular weight excluding hydrogens is 366 g/mol. The third kappa shape index (κ3) is 5.92. The van der Waals surface area contributed by atoms with Crippen LogP contribution in [0, 0.1) is 11.8 Å². The Hall–Kier alpha value is -2.15. The van der Waals surface area contributed by atoms with Gasteiger partial charge in [-0.2, -0.15) is 0 Å². The molecule has 7 heteroatoms. The molecule has 7 nitrogen and oxygen atoms in total. The van der Waals surface area contributed by atoms with Gasteiger partial charge in [0.05, 0.1) is 11.9 Å². The van der Waals surface area contributed by atoms with Crippen LogP contribution < -0.4 is 15.5 Å². The normalized spacial score (nSPS) is 19.8. The highest BCUT2D eigenvalue weighted by Crippen LogP contribution is 2.24. The van der Waals surface area contributed by atoms with Gasteiger partial charge in [0.2, 0.25) is 11.8 Å². The van der Waals surface area contributed by atoms with Crippen molar-refractivity contribution in [1.82, 2.24) is 15.2 Å². The molecule has 2 N–H and O–H groups in total. The van der Waals surface area contributed by atoms with Gasteiger partial charge in [-0.05, 0) is 37.9 Å². The van der Waals surface area contributed by atoms with E-state index in [2.05, 4.69) is 32.5 Å². The molecule has 0 radical (unpaired) electrons. The Morgan fingerprint density at radius 2 is 1.76 bits per heavy atom. The van der Waals surface area contributed by atoms with Crippen molar-refractivity contribution in [3.05, 3.63) is 18.3 Å². The second kappa shape index (κ2) is 10.1. The lowest BCUT2D eigenvalue weighted by molar-refractivity contribution is -0.130. The average Bonchev–Trinajstić information content (AvgIpc) is 2.73. The van der Waals surface area contributed by atoms with Crippen molar-refractivity contribution in [3.8, 4) is 0 Å². The van der Waals surface area contributed by atoms with Crippen molar-refractivity contribution >= 4 is 23.3 Å². The first-order valence-electron chi connectivity index (χ1n) is 10.9. The number of aromatic nitrogens is 1. The van der Waals surface area contributed by atoms with Crippen molar-refractivity contribution in [2.75, 3.05) is 43.4 Å². The first-order valence-corrected chi connectivity index (χ1v) is 10.9. The lowest BCUT2D eigenvalue weighted by atomic mass is 9.88. The van der Waals surface area contributed by atoms with Crippen LogP contribution in [0.2, 0.25) is 0 Å². The Kier molecular flexibility index (Phi) is 7.47. The van der Waals surface area contributed by atoms with E-state index in [1.54, 1.807) is 6.20 Å². The number of pyridine rings is 1. The van der Waals surface area contributed by atoms with Crippen molar-refractivity contribution in [1.29, 1.82) is 0 Å². The summed E-state index contributed by atoms with van der Waals surface area (Å²) >= 11 is 0. The molecule has 1 aliphatic carbocycles. The molecular formula is C22H35N5O2. The number of rotatable bonds is 6. The summed E-state index contributed by atoms with van der Waals surface area (Å²) < 4.78 is 0. The summed E-state index contributed by atoms with van der Waals surface area (Å²) in [7, 11) is 2.13. The fourth-order valence-electron chi connectivity index (χ4n) is 4.07. The van der Waals surface area contributed by atoms with Crippen LogP contribution in [0.25, 0.3) is 0 Å². The van der Waals surface area contributed by atoms with E-state index in [-0.39, 0.29) is 23.7 Å². The molecule has 0 bridgehead atoms. The average molecular weight is 402 g/mol. The second-order valence-electron chi connectivity index (χ2n) is 8.75. The van der Waals surface area contributed by atoms with Gasteiger partial charge in [0.1, 0.15) is 11.9 Å². The maximum absolute atomic E-state index is 12.8. The van der Waals surface area contributed by atoms with Crippen LogP contribution in [0.15, 0.2) is 18.3 Å². The number of piperazine rings is 1. The number of likely N-dealkylation sites (N-methyl/N-ethyl adjacent to an activating group) is 1. The van der Waals surface area contributed by atoms with E-state index >= 15 is 0 Å². The van der Waals surface area contributed by atoms with Gasteiger partial charge in [-0.25, -0.2) is 4.98 Å². The quantitative estimate of drug-likeness (QED) is 0.766. The van der Waals surface area contributed by atoms with Gasteiger partial charge in [0.15, 0.2) is 0 Å². The fraction of sp³-hybridized carbons (Fsp3) is 0.682. The summed E-state index contributed by atoms with van der Waals surface area (Å²) in [6.45, 7) is 7.88. The molecule has 1 atom stereocenters. The van der Waals surface area contributed by atoms with Gasteiger partial charge < -0.3 is 20.4 Å². The Bertz CT molecular complexity index is 677. The van der Waals surface area contributed by atoms with Crippen LogP contribution in [-0.4, -0.2) is 61.0 Å². The molecule has 1 aromatic heterocycles. The van der Waals surface area contributed by atoms with Gasteiger partial charge >= 0.3 is 0 Å². The van der Waals surface area contributed by atoms with E-state index in [0.717, 1.165) is 57.7 Å². The minimum Gasteiger partial charge on any atom is -0.354 e. The molecule has 1 saturated heterocycles. The zero-order chi connectivity index (χ0) is 20.8. The van der Waals surface area contributed by atoms with Crippen LogP contribution in [0.4, 0.5) is 11.5 Å². The number of amides is 2. The maximum atomic E-state index is 12.8. The third-order valence-electron chi connectivity index (χ3n) is 6.07. The number of anilines is 2. The highest BCUT2D eigenvalue weighted by Gasteiger charge is 2.28. The van der Waals surface area contributed by atoms with E-state index in [1.807, 2.05) is 26.0 Å². The highest BCUT2D eigenvalue weighted by atomic mass is 16.2. The van der Waals surface area contributed by atoms with Crippen LogP contribution in [0.5, 0.6) is 0 Å². The molecule has 1 unspecified atom stereocenters. The summed E-state index contributed by atoms with van der Waals surface area (Å²) in [5, 5.41) is 5.92. The Morgan fingerprint density at radius 1 is 1.07 bits per heavy atom. The minimum atomic E-state index is -0.540. The van der Waals surface area contributed by atoms with Gasteiger partial charge in [0.25, 0.3) is 0 Å². The van der Waals surface area contributed by atoms with Gasteiger partial charge in [-0.15, -0.1) is 0 Å². The Labute approximate surface area is 174 Å². The second-order valence-corrected chi connectivity index (χ2v) is 8.75. The third-order valence-corrected chi connectivity index (χ3v) is 6.07. The number of hydrogen-bond acceptors (Lipinski definition) is 5. The van der Waals surface area contributed by atoms with Crippen molar-refractivity contribution in [2.24, 2.45) is 11.8 Å². The molecule has 2 amide bonds. The smallest absolute Gasteiger partial charge is 0.247 e. The van der Waals surface area contributed by atoms with E-state index in [4.69, 9.17) is 0 Å². The molecule has 160 valence electrons. The van der Waals surface area contributed by atoms with Gasteiger partial charge in [0, 0.05) is 32.1 Å². The summed E-state index contributed by atoms with van der Waals surface area (Å²) in [4.78, 5) is 34.5. The highest BCUT2D eigenvalue weighted by molar-refractivity contribution is 5.97. The van der Waals surface area contributed by atoms with Crippen molar-refractivity contribution in [3.63, 3.8) is 0 Å². The molecule has 0 aromatic carbocycles. The molecule has 2 fully saturated rings. The zero-order valence-electron chi connectivity index (χ0n) is 18.0. The Morgan fingerprint density at radius 3 is 2.34 bits per heavy atom. The number of carbonyl (C=O) groups is 2. The zero-order valence-corrected chi connectivity index (χ0v) is 18.0. The van der Waals surface area contributed by atoms with E-state index in [0.29, 0.717) is 5.69 Å². The SMILES string of the molecule is CC(C)C(NC(=O)C1CCCCC1)C(=O)Nc1ccc(N2CCN(C)CC2)nc1. The number of hydrogen-bond donors (Lipinski definition) is 2. The molecule has 1 saturated carbocycles. The summed E-state index contributed by atoms with van der Waals surface area (Å²) in [5.74, 6) is 0.824. The van der Waals surface area contributed by atoms with Gasteiger partial charge in [-0.1, -0.05) is 33.1 Å².